The monoisotopic (exact) mass is 299 g/mol. The molecule has 1 saturated heterocycles. The smallest absolute Gasteiger partial charge is 0.317 e. The lowest BCUT2D eigenvalue weighted by atomic mass is 10.4. The van der Waals surface area contributed by atoms with Crippen LogP contribution < -0.4 is 5.32 Å². The fraction of sp³-hybridized carbons (Fsp3) is 0.875. The minimum absolute atomic E-state index is 0.104. The molecule has 0 atom stereocenters. The first kappa shape index (κ1) is 15.2. The second-order valence-electron chi connectivity index (χ2n) is 3.62. The van der Waals surface area contributed by atoms with E-state index in [2.05, 4.69) is 5.32 Å². The highest BCUT2D eigenvalue weighted by molar-refractivity contribution is 8.15. The summed E-state index contributed by atoms with van der Waals surface area (Å²) in [5.41, 5.74) is 0. The predicted octanol–water partition coefficient (Wildman–Crippen LogP) is 2.10. The molecule has 0 bridgehead atoms. The molecule has 0 unspecified atom stereocenters. The fourth-order valence-electron chi connectivity index (χ4n) is 1.23. The summed E-state index contributed by atoms with van der Waals surface area (Å²) in [7, 11) is 0. The summed E-state index contributed by atoms with van der Waals surface area (Å²) in [6, 6.07) is 0.104. The zero-order valence-corrected chi connectivity index (χ0v) is 12.3. The Morgan fingerprint density at radius 1 is 1.53 bits per heavy atom. The van der Waals surface area contributed by atoms with Crippen molar-refractivity contribution in [3.05, 3.63) is 0 Å². The third kappa shape index (κ3) is 4.73. The zero-order valence-electron chi connectivity index (χ0n) is 9.75. The highest BCUT2D eigenvalue weighted by Crippen LogP contribution is 2.58. The number of amides is 1. The van der Waals surface area contributed by atoms with Crippen molar-refractivity contribution >= 4 is 36.5 Å². The lowest BCUT2D eigenvalue weighted by Gasteiger charge is -2.37. The summed E-state index contributed by atoms with van der Waals surface area (Å²) in [4.78, 5) is 10.3. The fourth-order valence-corrected chi connectivity index (χ4v) is 5.89. The normalized spacial score (nSPS) is 19.5. The Hall–Kier alpha value is 0.150. The lowest BCUT2D eigenvalue weighted by molar-refractivity contribution is 0.158. The van der Waals surface area contributed by atoms with Crippen LogP contribution in [0.25, 0.3) is 0 Å². The number of hydrogen-bond donors (Lipinski definition) is 1. The van der Waals surface area contributed by atoms with Gasteiger partial charge in [0.1, 0.15) is 0 Å². The van der Waals surface area contributed by atoms with Gasteiger partial charge in [-0.3, -0.25) is 0 Å². The first-order valence-electron chi connectivity index (χ1n) is 5.22. The van der Waals surface area contributed by atoms with Crippen LogP contribution in [0.1, 0.15) is 20.3 Å². The minimum atomic E-state index is -2.46. The predicted molar refractivity (Wildman–Crippen MR) is 69.5 cm³/mol. The molecule has 0 aromatic carbocycles. The number of carbonyl (C=O) groups excluding carboxylic acids is 1. The van der Waals surface area contributed by atoms with Gasteiger partial charge in [-0.05, 0) is 44.0 Å². The second-order valence-corrected chi connectivity index (χ2v) is 8.10. The van der Waals surface area contributed by atoms with Crippen LogP contribution in [0.3, 0.4) is 0 Å². The number of nitrogens with zero attached hydrogens (tertiary/aromatic N) is 1. The molecule has 17 heavy (non-hydrogen) atoms. The first-order chi connectivity index (χ1) is 7.96. The van der Waals surface area contributed by atoms with Crippen molar-refractivity contribution in [2.75, 3.05) is 19.1 Å². The molecular formula is C8H16N2O4PS2. The van der Waals surface area contributed by atoms with E-state index in [0.29, 0.717) is 13.2 Å². The Kier molecular flexibility index (Phi) is 6.19. The first-order valence-corrected chi connectivity index (χ1v) is 8.75. The quantitative estimate of drug-likeness (QED) is 0.476. The van der Waals surface area contributed by atoms with Gasteiger partial charge in [0.2, 0.25) is 0 Å². The lowest BCUT2D eigenvalue weighted by Crippen LogP contribution is -2.29. The molecule has 1 aliphatic heterocycles. The third-order valence-corrected chi connectivity index (χ3v) is 7.28. The van der Waals surface area contributed by atoms with Crippen molar-refractivity contribution in [2.45, 2.75) is 26.3 Å². The second kappa shape index (κ2) is 6.92. The standard InChI is InChI=1S/C8H16N2O4PS2/c1-7(2)10(17-6-9-8(11)12)15(16)13-4-3-5-14-15/h7,9H,3-6H2,1-2H3. The molecule has 0 spiro atoms. The van der Waals surface area contributed by atoms with E-state index in [1.54, 1.807) is 0 Å². The maximum absolute atomic E-state index is 10.3. The molecule has 1 heterocycles. The molecule has 1 rings (SSSR count). The van der Waals surface area contributed by atoms with Gasteiger partial charge in [-0.2, -0.15) is 4.08 Å². The third-order valence-electron chi connectivity index (χ3n) is 1.89. The van der Waals surface area contributed by atoms with E-state index in [0.717, 1.165) is 6.42 Å². The van der Waals surface area contributed by atoms with Crippen LogP contribution in [0, 0.1) is 0 Å². The summed E-state index contributed by atoms with van der Waals surface area (Å²) in [6.07, 6.45) is -0.463. The van der Waals surface area contributed by atoms with Gasteiger partial charge < -0.3 is 14.4 Å². The van der Waals surface area contributed by atoms with Gasteiger partial charge in [0, 0.05) is 6.04 Å². The van der Waals surface area contributed by atoms with E-state index in [-0.39, 0.29) is 11.9 Å². The highest BCUT2D eigenvalue weighted by Gasteiger charge is 2.33. The highest BCUT2D eigenvalue weighted by atomic mass is 32.5. The molecule has 0 saturated carbocycles. The summed E-state index contributed by atoms with van der Waals surface area (Å²) in [5.74, 6) is 0.172. The molecule has 0 aromatic heterocycles. The van der Waals surface area contributed by atoms with Crippen molar-refractivity contribution < 1.29 is 18.9 Å². The Morgan fingerprint density at radius 3 is 2.59 bits per heavy atom. The topological polar surface area (TPSA) is 70.7 Å². The largest absolute Gasteiger partial charge is 0.451 e. The summed E-state index contributed by atoms with van der Waals surface area (Å²) >= 11 is 6.67. The van der Waals surface area contributed by atoms with Crippen molar-refractivity contribution in [1.29, 1.82) is 0 Å². The van der Waals surface area contributed by atoms with E-state index in [4.69, 9.17) is 20.9 Å². The maximum atomic E-state index is 10.3. The van der Waals surface area contributed by atoms with Gasteiger partial charge in [0.25, 0.3) is 6.64 Å². The summed E-state index contributed by atoms with van der Waals surface area (Å²) < 4.78 is 13.0. The molecule has 99 valence electrons. The summed E-state index contributed by atoms with van der Waals surface area (Å²) in [5, 5.41) is 12.4. The zero-order chi connectivity index (χ0) is 12.9. The van der Waals surface area contributed by atoms with Gasteiger partial charge in [0.15, 0.2) is 0 Å². The number of hydrogen-bond acceptors (Lipinski definition) is 5. The Bertz CT molecular complexity index is 306. The van der Waals surface area contributed by atoms with Crippen LogP contribution in [0.5, 0.6) is 0 Å². The Morgan fingerprint density at radius 2 is 2.12 bits per heavy atom. The van der Waals surface area contributed by atoms with Crippen LogP contribution in [0.4, 0.5) is 4.79 Å². The van der Waals surface area contributed by atoms with Gasteiger partial charge in [-0.25, -0.2) is 9.90 Å². The van der Waals surface area contributed by atoms with Gasteiger partial charge in [0.05, 0.1) is 19.1 Å². The van der Waals surface area contributed by atoms with Gasteiger partial charge in [-0.1, -0.05) is 0 Å². The number of nitrogens with one attached hydrogen (secondary N) is 1. The SMILES string of the molecule is CC(C)N(SCNC([O])=O)P1(=S)OCCCO1. The van der Waals surface area contributed by atoms with Crippen LogP contribution in [0.15, 0.2) is 0 Å². The average Bonchev–Trinajstić information content (AvgIpc) is 2.24. The molecule has 9 heteroatoms. The molecule has 0 aliphatic carbocycles. The van der Waals surface area contributed by atoms with Crippen molar-refractivity contribution in [3.8, 4) is 0 Å². The summed E-state index contributed by atoms with van der Waals surface area (Å²) in [6.45, 7) is 2.64. The Balaban J connectivity index is 2.58. The van der Waals surface area contributed by atoms with Crippen molar-refractivity contribution in [3.63, 3.8) is 0 Å². The molecule has 1 fully saturated rings. The van der Waals surface area contributed by atoms with E-state index < -0.39 is 12.7 Å². The Labute approximate surface area is 110 Å². The van der Waals surface area contributed by atoms with Crippen molar-refractivity contribution in [1.82, 2.24) is 9.39 Å². The molecule has 6 nitrogen and oxygen atoms in total. The van der Waals surface area contributed by atoms with Crippen LogP contribution in [-0.2, 0) is 26.0 Å². The number of rotatable bonds is 5. The van der Waals surface area contributed by atoms with Crippen LogP contribution >= 0.6 is 18.6 Å². The average molecular weight is 299 g/mol. The van der Waals surface area contributed by atoms with E-state index >= 15 is 0 Å². The van der Waals surface area contributed by atoms with Gasteiger partial charge >= 0.3 is 6.09 Å². The number of carbonyl (C=O) groups is 1. The van der Waals surface area contributed by atoms with E-state index in [1.807, 2.05) is 17.9 Å². The molecular weight excluding hydrogens is 283 g/mol. The van der Waals surface area contributed by atoms with Crippen LogP contribution in [-0.4, -0.2) is 35.3 Å². The minimum Gasteiger partial charge on any atom is -0.317 e. The van der Waals surface area contributed by atoms with E-state index in [1.165, 1.54) is 11.9 Å². The van der Waals surface area contributed by atoms with Crippen molar-refractivity contribution in [2.24, 2.45) is 0 Å². The van der Waals surface area contributed by atoms with Gasteiger partial charge in [-0.15, -0.1) is 0 Å². The maximum Gasteiger partial charge on any atom is 0.451 e. The molecule has 1 aliphatic rings. The molecule has 1 N–H and O–H groups in total. The molecule has 1 radical (unpaired) electrons. The van der Waals surface area contributed by atoms with E-state index in [9.17, 15) is 9.90 Å². The molecule has 1 amide bonds. The van der Waals surface area contributed by atoms with Crippen LogP contribution in [0.2, 0.25) is 0 Å². The molecule has 0 aromatic rings.